The highest BCUT2D eigenvalue weighted by molar-refractivity contribution is 7.13. The summed E-state index contributed by atoms with van der Waals surface area (Å²) in [5.74, 6) is 0.172. The third kappa shape index (κ3) is 3.64. The maximum absolute atomic E-state index is 12.1. The van der Waals surface area contributed by atoms with Gasteiger partial charge in [0.05, 0.1) is 6.10 Å². The van der Waals surface area contributed by atoms with Gasteiger partial charge in [0.15, 0.2) is 5.13 Å². The second kappa shape index (κ2) is 6.29. The topological polar surface area (TPSA) is 68.3 Å². The lowest BCUT2D eigenvalue weighted by Crippen LogP contribution is -2.13. The van der Waals surface area contributed by atoms with Crippen molar-refractivity contribution in [2.75, 3.05) is 5.32 Å². The van der Waals surface area contributed by atoms with Gasteiger partial charge in [-0.05, 0) is 32.0 Å². The molecule has 1 aromatic carbocycles. The molecule has 0 unspecified atom stereocenters. The Hall–Kier alpha value is -2.21. The summed E-state index contributed by atoms with van der Waals surface area (Å²) in [6, 6.07) is 4.73. The fraction of sp³-hybridized carbons (Fsp3) is 0.214. The van der Waals surface area contributed by atoms with Crippen molar-refractivity contribution < 1.29 is 14.3 Å². The number of benzene rings is 1. The molecule has 0 atom stereocenters. The summed E-state index contributed by atoms with van der Waals surface area (Å²) in [4.78, 5) is 27.0. The Labute approximate surface area is 120 Å². The summed E-state index contributed by atoms with van der Waals surface area (Å²) in [5.41, 5.74) is 0.757. The second-order valence-electron chi connectivity index (χ2n) is 4.37. The molecule has 0 aliphatic rings. The van der Waals surface area contributed by atoms with Crippen LogP contribution in [0.3, 0.4) is 0 Å². The predicted molar refractivity (Wildman–Crippen MR) is 77.7 cm³/mol. The lowest BCUT2D eigenvalue weighted by molar-refractivity contribution is 0.102. The van der Waals surface area contributed by atoms with Crippen LogP contribution in [0.2, 0.25) is 0 Å². The Balaban J connectivity index is 2.25. The Bertz CT molecular complexity index is 609. The molecule has 104 valence electrons. The minimum atomic E-state index is -0.322. The average Bonchev–Trinajstić information content (AvgIpc) is 2.90. The van der Waals surface area contributed by atoms with Gasteiger partial charge in [0, 0.05) is 22.7 Å². The van der Waals surface area contributed by atoms with Crippen molar-refractivity contribution in [3.05, 3.63) is 40.9 Å². The molecule has 2 rings (SSSR count). The summed E-state index contributed by atoms with van der Waals surface area (Å²) in [5, 5.41) is 4.95. The molecule has 0 bridgehead atoms. The highest BCUT2D eigenvalue weighted by Gasteiger charge is 2.11. The molecule has 1 amide bonds. The van der Waals surface area contributed by atoms with Crippen LogP contribution in [-0.2, 0) is 0 Å². The highest BCUT2D eigenvalue weighted by atomic mass is 32.1. The third-order valence-electron chi connectivity index (χ3n) is 2.35. The van der Waals surface area contributed by atoms with Crippen molar-refractivity contribution in [2.45, 2.75) is 20.0 Å². The first kappa shape index (κ1) is 14.2. The first-order valence-corrected chi connectivity index (χ1v) is 6.94. The minimum Gasteiger partial charge on any atom is -0.491 e. The normalized spacial score (nSPS) is 10.3. The van der Waals surface area contributed by atoms with Gasteiger partial charge in [-0.1, -0.05) is 0 Å². The average molecular weight is 290 g/mol. The molecule has 20 heavy (non-hydrogen) atoms. The quantitative estimate of drug-likeness (QED) is 0.859. The van der Waals surface area contributed by atoms with E-state index in [2.05, 4.69) is 10.3 Å². The molecule has 0 spiro atoms. The number of hydrogen-bond donors (Lipinski definition) is 1. The zero-order valence-corrected chi connectivity index (χ0v) is 11.9. The van der Waals surface area contributed by atoms with Gasteiger partial charge in [-0.25, -0.2) is 4.98 Å². The maximum atomic E-state index is 12.1. The van der Waals surface area contributed by atoms with Crippen LogP contribution in [-0.4, -0.2) is 23.3 Å². The zero-order valence-electron chi connectivity index (χ0n) is 11.1. The zero-order chi connectivity index (χ0) is 14.5. The first-order valence-electron chi connectivity index (χ1n) is 6.06. The van der Waals surface area contributed by atoms with E-state index in [4.69, 9.17) is 4.74 Å². The first-order chi connectivity index (χ1) is 9.58. The van der Waals surface area contributed by atoms with E-state index in [9.17, 15) is 9.59 Å². The fourth-order valence-electron chi connectivity index (χ4n) is 1.62. The van der Waals surface area contributed by atoms with Crippen molar-refractivity contribution in [3.63, 3.8) is 0 Å². The lowest BCUT2D eigenvalue weighted by atomic mass is 10.1. The number of anilines is 1. The molecule has 0 saturated heterocycles. The van der Waals surface area contributed by atoms with E-state index >= 15 is 0 Å². The predicted octanol–water partition coefficient (Wildman–Crippen LogP) is 3.00. The Kier molecular flexibility index (Phi) is 4.47. The number of aldehydes is 1. The second-order valence-corrected chi connectivity index (χ2v) is 5.26. The number of rotatable bonds is 5. The highest BCUT2D eigenvalue weighted by Crippen LogP contribution is 2.19. The third-order valence-corrected chi connectivity index (χ3v) is 3.04. The van der Waals surface area contributed by atoms with Gasteiger partial charge in [0.2, 0.25) is 0 Å². The number of aromatic nitrogens is 1. The number of carbonyl (C=O) groups is 2. The molecule has 0 radical (unpaired) electrons. The van der Waals surface area contributed by atoms with Crippen LogP contribution >= 0.6 is 11.3 Å². The summed E-state index contributed by atoms with van der Waals surface area (Å²) in [6.07, 6.45) is 2.26. The van der Waals surface area contributed by atoms with Crippen LogP contribution in [0.4, 0.5) is 5.13 Å². The molecule has 0 saturated carbocycles. The summed E-state index contributed by atoms with van der Waals surface area (Å²) in [6.45, 7) is 3.76. The van der Waals surface area contributed by atoms with Gasteiger partial charge in [-0.15, -0.1) is 11.3 Å². The van der Waals surface area contributed by atoms with Gasteiger partial charge < -0.3 is 4.74 Å². The molecule has 2 aromatic rings. The van der Waals surface area contributed by atoms with E-state index < -0.39 is 0 Å². The fourth-order valence-corrected chi connectivity index (χ4v) is 2.14. The molecule has 6 heteroatoms. The number of carbonyl (C=O) groups excluding carboxylic acids is 2. The molecule has 0 aliphatic carbocycles. The lowest BCUT2D eigenvalue weighted by Gasteiger charge is -2.11. The van der Waals surface area contributed by atoms with Gasteiger partial charge >= 0.3 is 0 Å². The number of amides is 1. The van der Waals surface area contributed by atoms with E-state index in [1.165, 1.54) is 17.4 Å². The Morgan fingerprint density at radius 3 is 2.80 bits per heavy atom. The van der Waals surface area contributed by atoms with Crippen molar-refractivity contribution in [1.29, 1.82) is 0 Å². The largest absolute Gasteiger partial charge is 0.491 e. The van der Waals surface area contributed by atoms with Crippen LogP contribution < -0.4 is 10.1 Å². The SMILES string of the molecule is CC(C)Oc1cc(C=O)cc(C(=O)Nc2nccs2)c1. The molecule has 1 heterocycles. The molecule has 5 nitrogen and oxygen atoms in total. The molecular weight excluding hydrogens is 276 g/mol. The van der Waals surface area contributed by atoms with Crippen LogP contribution in [0, 0.1) is 0 Å². The van der Waals surface area contributed by atoms with Gasteiger partial charge in [-0.2, -0.15) is 0 Å². The van der Waals surface area contributed by atoms with Crippen molar-refractivity contribution >= 4 is 28.7 Å². The number of nitrogens with one attached hydrogen (secondary N) is 1. The minimum absolute atomic E-state index is 0.0354. The Morgan fingerprint density at radius 1 is 1.40 bits per heavy atom. The van der Waals surface area contributed by atoms with Crippen LogP contribution in [0.25, 0.3) is 0 Å². The number of ether oxygens (including phenoxy) is 1. The monoisotopic (exact) mass is 290 g/mol. The Morgan fingerprint density at radius 2 is 2.20 bits per heavy atom. The van der Waals surface area contributed by atoms with E-state index in [0.29, 0.717) is 28.3 Å². The number of thiazole rings is 1. The summed E-state index contributed by atoms with van der Waals surface area (Å²) >= 11 is 1.33. The van der Waals surface area contributed by atoms with Gasteiger partial charge in [0.25, 0.3) is 5.91 Å². The van der Waals surface area contributed by atoms with Crippen LogP contribution in [0.15, 0.2) is 29.8 Å². The summed E-state index contributed by atoms with van der Waals surface area (Å²) in [7, 11) is 0. The van der Waals surface area contributed by atoms with E-state index in [1.807, 2.05) is 13.8 Å². The maximum Gasteiger partial charge on any atom is 0.257 e. The molecule has 0 fully saturated rings. The standard InChI is InChI=1S/C14H14N2O3S/c1-9(2)19-12-6-10(8-17)5-11(7-12)13(18)16-14-15-3-4-20-14/h3-9H,1-2H3,(H,15,16,18). The van der Waals surface area contributed by atoms with Crippen molar-refractivity contribution in [3.8, 4) is 5.75 Å². The van der Waals surface area contributed by atoms with Crippen molar-refractivity contribution in [1.82, 2.24) is 4.98 Å². The van der Waals surface area contributed by atoms with E-state index in [-0.39, 0.29) is 12.0 Å². The van der Waals surface area contributed by atoms with E-state index in [1.54, 1.807) is 23.7 Å². The van der Waals surface area contributed by atoms with E-state index in [0.717, 1.165) is 0 Å². The van der Waals surface area contributed by atoms with Gasteiger partial charge in [0.1, 0.15) is 12.0 Å². The van der Waals surface area contributed by atoms with Crippen LogP contribution in [0.1, 0.15) is 34.6 Å². The van der Waals surface area contributed by atoms with Crippen molar-refractivity contribution in [2.24, 2.45) is 0 Å². The molecule has 0 aliphatic heterocycles. The van der Waals surface area contributed by atoms with Crippen LogP contribution in [0.5, 0.6) is 5.75 Å². The number of nitrogens with zero attached hydrogens (tertiary/aromatic N) is 1. The molecular formula is C14H14N2O3S. The summed E-state index contributed by atoms with van der Waals surface area (Å²) < 4.78 is 5.53. The smallest absolute Gasteiger partial charge is 0.257 e. The molecule has 1 aromatic heterocycles. The van der Waals surface area contributed by atoms with Gasteiger partial charge in [-0.3, -0.25) is 14.9 Å². The molecule has 1 N–H and O–H groups in total. The number of hydrogen-bond acceptors (Lipinski definition) is 5.